The molecule has 0 aliphatic heterocycles. The van der Waals surface area contributed by atoms with E-state index in [-0.39, 0.29) is 76.2 Å². The predicted molar refractivity (Wildman–Crippen MR) is 176 cm³/mol. The van der Waals surface area contributed by atoms with Crippen molar-refractivity contribution in [3.05, 3.63) is 77.4 Å². The third kappa shape index (κ3) is 7.32. The lowest BCUT2D eigenvalue weighted by Crippen LogP contribution is -2.18. The molecule has 0 atom stereocenters. The van der Waals surface area contributed by atoms with E-state index in [1.807, 2.05) is 0 Å². The van der Waals surface area contributed by atoms with Crippen molar-refractivity contribution in [2.45, 2.75) is 19.4 Å². The molecule has 3 aromatic heterocycles. The number of sulfonamides is 1. The summed E-state index contributed by atoms with van der Waals surface area (Å²) < 4.78 is 86.4. The summed E-state index contributed by atoms with van der Waals surface area (Å²) >= 11 is 0. The zero-order valence-electron chi connectivity index (χ0n) is 26.1. The molecule has 50 heavy (non-hydrogen) atoms. The summed E-state index contributed by atoms with van der Waals surface area (Å²) in [7, 11) is -3.78. The number of nitrogens with two attached hydrogens (primary N) is 1. The van der Waals surface area contributed by atoms with E-state index in [2.05, 4.69) is 30.4 Å². The summed E-state index contributed by atoms with van der Waals surface area (Å²) in [6, 6.07) is 8.97. The second-order valence-electron chi connectivity index (χ2n) is 10.8. The van der Waals surface area contributed by atoms with Crippen LogP contribution in [0.25, 0.3) is 27.8 Å². The molecule has 19 heteroatoms. The zero-order valence-corrected chi connectivity index (χ0v) is 26.9. The number of hydrogen-bond acceptors (Lipinski definition) is 11. The van der Waals surface area contributed by atoms with Crippen LogP contribution in [0.5, 0.6) is 11.5 Å². The number of amides is 1. The average Bonchev–Trinajstić information content (AvgIpc) is 3.48. The molecule has 0 unspecified atom stereocenters. The van der Waals surface area contributed by atoms with Crippen molar-refractivity contribution in [1.82, 2.24) is 19.7 Å². The Hall–Kier alpha value is -5.69. The zero-order chi connectivity index (χ0) is 36.4. The van der Waals surface area contributed by atoms with Crippen LogP contribution in [0, 0.1) is 5.82 Å². The molecule has 0 saturated carbocycles. The van der Waals surface area contributed by atoms with Crippen LogP contribution in [0.2, 0.25) is 0 Å². The molecular weight excluding hydrogens is 688 g/mol. The molecule has 3 heterocycles. The minimum absolute atomic E-state index is 0.00924. The van der Waals surface area contributed by atoms with E-state index in [0.717, 1.165) is 0 Å². The number of aromatic hydroxyl groups is 2. The largest absolute Gasteiger partial charge is 0.508 e. The molecule has 0 saturated heterocycles. The Morgan fingerprint density at radius 2 is 1.84 bits per heavy atom. The molecule has 5 aromatic rings. The summed E-state index contributed by atoms with van der Waals surface area (Å²) in [4.78, 5) is 21.3. The van der Waals surface area contributed by atoms with Crippen molar-refractivity contribution in [1.29, 1.82) is 0 Å². The maximum atomic E-state index is 14.9. The van der Waals surface area contributed by atoms with Crippen LogP contribution < -0.4 is 21.1 Å². The molecule has 1 amide bonds. The Kier molecular flexibility index (Phi) is 10.0. The van der Waals surface area contributed by atoms with Crippen molar-refractivity contribution < 1.29 is 46.1 Å². The van der Waals surface area contributed by atoms with Crippen molar-refractivity contribution in [3.8, 4) is 28.4 Å². The SMILES string of the molecule is CCS(=O)(=O)Nc1ccc(O)cc1CNc1nc(-c2cc(F)c(O)cc2C(F)(F)CF)cc2c1c(C(N)=O)nn2-c1ccc(NCCO)nc1. The minimum atomic E-state index is -4.20. The quantitative estimate of drug-likeness (QED) is 0.0644. The molecular formula is C31H30F4N8O6S. The number of phenols is 2. The van der Waals surface area contributed by atoms with Crippen LogP contribution >= 0.6 is 0 Å². The number of aliphatic hydroxyl groups is 1. The van der Waals surface area contributed by atoms with E-state index in [0.29, 0.717) is 18.0 Å². The second-order valence-corrected chi connectivity index (χ2v) is 12.8. The van der Waals surface area contributed by atoms with Crippen molar-refractivity contribution >= 4 is 44.2 Å². The molecule has 2 aromatic carbocycles. The van der Waals surface area contributed by atoms with Gasteiger partial charge in [-0.3, -0.25) is 9.52 Å². The van der Waals surface area contributed by atoms with Gasteiger partial charge in [0.1, 0.15) is 17.4 Å². The number of phenolic OH excluding ortho intramolecular Hbond substituents is 2. The van der Waals surface area contributed by atoms with Crippen LogP contribution in [0.4, 0.5) is 34.9 Å². The summed E-state index contributed by atoms with van der Waals surface area (Å²) in [5, 5.41) is 39.2. The number of benzene rings is 2. The van der Waals surface area contributed by atoms with Gasteiger partial charge in [0.2, 0.25) is 10.0 Å². The molecule has 5 rings (SSSR count). The van der Waals surface area contributed by atoms with Gasteiger partial charge in [-0.2, -0.15) is 13.9 Å². The monoisotopic (exact) mass is 718 g/mol. The lowest BCUT2D eigenvalue weighted by Gasteiger charge is -2.19. The molecule has 0 aliphatic rings. The Labute approximate surface area is 281 Å². The fourth-order valence-corrected chi connectivity index (χ4v) is 5.64. The Bertz CT molecular complexity index is 2180. The van der Waals surface area contributed by atoms with Gasteiger partial charge >= 0.3 is 5.92 Å². The van der Waals surface area contributed by atoms with E-state index in [4.69, 9.17) is 10.8 Å². The lowest BCUT2D eigenvalue weighted by molar-refractivity contribution is -0.0277. The molecule has 264 valence electrons. The number of halogens is 4. The first-order valence-electron chi connectivity index (χ1n) is 14.8. The van der Waals surface area contributed by atoms with Gasteiger partial charge < -0.3 is 31.7 Å². The fraction of sp³-hybridized carbons (Fsp3) is 0.226. The highest BCUT2D eigenvalue weighted by atomic mass is 32.2. The smallest absolute Gasteiger partial charge is 0.301 e. The van der Waals surface area contributed by atoms with Gasteiger partial charge in [-0.05, 0) is 61.0 Å². The third-order valence-corrected chi connectivity index (χ3v) is 8.70. The number of carbonyl (C=O) groups is 1. The number of alkyl halides is 3. The van der Waals surface area contributed by atoms with Gasteiger partial charge in [0.05, 0.1) is 46.5 Å². The number of nitrogens with zero attached hydrogens (tertiary/aromatic N) is 4. The highest BCUT2D eigenvalue weighted by Gasteiger charge is 2.36. The fourth-order valence-electron chi connectivity index (χ4n) is 4.96. The standard InChI is InChI=1S/C31H30F4N8O6S/c1-2-50(48,49)42-22-5-4-18(45)9-16(22)13-39-30-27-24(12-23(40-30)19-10-21(33)25(46)11-20(19)31(34,35)15-32)43(41-28(27)29(36)47)17-3-6-26(38-14-17)37-7-8-44/h3-6,9-12,14,42,44-46H,2,7-8,13,15H2,1H3,(H2,36,47)(H,37,38)(H,39,40). The second kappa shape index (κ2) is 14.0. The normalized spacial score (nSPS) is 11.9. The van der Waals surface area contributed by atoms with Crippen LogP contribution in [0.3, 0.4) is 0 Å². The van der Waals surface area contributed by atoms with E-state index < -0.39 is 51.2 Å². The van der Waals surface area contributed by atoms with Crippen molar-refractivity contribution in [2.24, 2.45) is 5.73 Å². The van der Waals surface area contributed by atoms with E-state index in [1.165, 1.54) is 54.2 Å². The number of aliphatic hydroxyl groups excluding tert-OH is 1. The van der Waals surface area contributed by atoms with E-state index in [9.17, 15) is 41.0 Å². The topological polar surface area (TPSA) is 218 Å². The van der Waals surface area contributed by atoms with Crippen LogP contribution in [0.15, 0.2) is 54.7 Å². The number of anilines is 3. The Balaban J connectivity index is 1.76. The number of hydrogen-bond donors (Lipinski definition) is 7. The minimum Gasteiger partial charge on any atom is -0.508 e. The molecule has 14 nitrogen and oxygen atoms in total. The van der Waals surface area contributed by atoms with Gasteiger partial charge in [0.25, 0.3) is 5.91 Å². The maximum Gasteiger partial charge on any atom is 0.301 e. The number of rotatable bonds is 14. The van der Waals surface area contributed by atoms with Gasteiger partial charge in [0, 0.05) is 24.2 Å². The van der Waals surface area contributed by atoms with Gasteiger partial charge in [-0.25, -0.2) is 31.8 Å². The summed E-state index contributed by atoms with van der Waals surface area (Å²) in [5.41, 5.74) is 3.75. The highest BCUT2D eigenvalue weighted by Crippen LogP contribution is 2.41. The number of fused-ring (bicyclic) bond motifs is 1. The summed E-state index contributed by atoms with van der Waals surface area (Å²) in [5.74, 6) is -8.07. The van der Waals surface area contributed by atoms with Gasteiger partial charge in [-0.1, -0.05) is 0 Å². The average molecular weight is 719 g/mol. The molecule has 0 bridgehead atoms. The first kappa shape index (κ1) is 35.6. The number of primary amides is 1. The number of aromatic nitrogens is 4. The van der Waals surface area contributed by atoms with Crippen LogP contribution in [-0.4, -0.2) is 75.0 Å². The van der Waals surface area contributed by atoms with E-state index >= 15 is 0 Å². The molecule has 0 radical (unpaired) electrons. The molecule has 0 fully saturated rings. The Morgan fingerprint density at radius 3 is 2.48 bits per heavy atom. The molecule has 8 N–H and O–H groups in total. The molecule has 0 spiro atoms. The van der Waals surface area contributed by atoms with E-state index in [1.54, 1.807) is 0 Å². The summed E-state index contributed by atoms with van der Waals surface area (Å²) in [6.07, 6.45) is 1.34. The van der Waals surface area contributed by atoms with Crippen LogP contribution in [0.1, 0.15) is 28.5 Å². The first-order valence-corrected chi connectivity index (χ1v) is 16.4. The van der Waals surface area contributed by atoms with Gasteiger partial charge in [0.15, 0.2) is 23.9 Å². The third-order valence-electron chi connectivity index (χ3n) is 7.41. The number of carbonyl (C=O) groups excluding carboxylic acids is 1. The highest BCUT2D eigenvalue weighted by molar-refractivity contribution is 7.92. The summed E-state index contributed by atoms with van der Waals surface area (Å²) in [6.45, 7) is -1.05. The van der Waals surface area contributed by atoms with Gasteiger partial charge in [-0.15, -0.1) is 0 Å². The Morgan fingerprint density at radius 1 is 1.08 bits per heavy atom. The van der Waals surface area contributed by atoms with Crippen molar-refractivity contribution in [3.63, 3.8) is 0 Å². The first-order chi connectivity index (χ1) is 23.7. The lowest BCUT2D eigenvalue weighted by atomic mass is 9.97. The van der Waals surface area contributed by atoms with Crippen LogP contribution in [-0.2, 0) is 22.5 Å². The van der Waals surface area contributed by atoms with Crippen molar-refractivity contribution in [2.75, 3.05) is 40.9 Å². The number of nitrogens with one attached hydrogen (secondary N) is 3. The maximum absolute atomic E-state index is 14.9. The predicted octanol–water partition coefficient (Wildman–Crippen LogP) is 3.97. The number of pyridine rings is 2. The molecule has 0 aliphatic carbocycles.